The van der Waals surface area contributed by atoms with Crippen molar-refractivity contribution in [1.29, 1.82) is 0 Å². The number of phenols is 1. The highest BCUT2D eigenvalue weighted by Crippen LogP contribution is 2.56. The second-order valence-corrected chi connectivity index (χ2v) is 8.44. The molecule has 3 atom stereocenters. The minimum absolute atomic E-state index is 0.0326. The number of rotatable bonds is 2. The summed E-state index contributed by atoms with van der Waals surface area (Å²) in [4.78, 5) is 12.9. The SMILES string of the molecule is C[C@@H]1C(=O)/C(=C\O)C[C@]2(c3ccccc3)c3[nH]nc(-c4cccc(O)c4)c3CC[C@@H]12. The number of fused-ring (bicyclic) bond motifs is 3. The quantitative estimate of drug-likeness (QED) is 0.431. The van der Waals surface area contributed by atoms with Gasteiger partial charge < -0.3 is 10.2 Å². The summed E-state index contributed by atoms with van der Waals surface area (Å²) in [6.07, 6.45) is 3.10. The molecule has 0 saturated heterocycles. The number of H-pyrrole nitrogens is 1. The van der Waals surface area contributed by atoms with E-state index in [1.165, 1.54) is 0 Å². The van der Waals surface area contributed by atoms with Crippen LogP contribution in [0.5, 0.6) is 5.75 Å². The Morgan fingerprint density at radius 3 is 2.70 bits per heavy atom. The van der Waals surface area contributed by atoms with Crippen LogP contribution < -0.4 is 0 Å². The molecule has 0 radical (unpaired) electrons. The Hall–Kier alpha value is -3.34. The standard InChI is InChI=1S/C25H24N2O3/c1-15-21-11-10-20-22(16-6-5-9-19(29)12-16)26-27-24(20)25(21,13-17(14-28)23(15)30)18-7-3-2-4-8-18/h2-9,12,14-15,21,28-29H,10-11,13H2,1H3,(H,26,27)/b17-14-/t15-,21-,25+/m0/s1. The number of carbonyl (C=O) groups excluding carboxylic acids is 1. The number of nitrogens with one attached hydrogen (secondary N) is 1. The summed E-state index contributed by atoms with van der Waals surface area (Å²) in [5.74, 6) is 0.155. The number of aliphatic hydroxyl groups excluding tert-OH is 1. The van der Waals surface area contributed by atoms with Crippen molar-refractivity contribution >= 4 is 5.78 Å². The molecular weight excluding hydrogens is 376 g/mol. The van der Waals surface area contributed by atoms with Gasteiger partial charge in [-0.3, -0.25) is 9.89 Å². The van der Waals surface area contributed by atoms with E-state index >= 15 is 0 Å². The zero-order chi connectivity index (χ0) is 20.9. The Morgan fingerprint density at radius 2 is 1.97 bits per heavy atom. The van der Waals surface area contributed by atoms with E-state index in [1.807, 2.05) is 37.3 Å². The fourth-order valence-electron chi connectivity index (χ4n) is 5.67. The number of carbonyl (C=O) groups is 1. The molecule has 1 saturated carbocycles. The molecular formula is C25H24N2O3. The first-order valence-corrected chi connectivity index (χ1v) is 10.4. The number of aromatic hydroxyl groups is 1. The van der Waals surface area contributed by atoms with Gasteiger partial charge in [0.2, 0.25) is 0 Å². The maximum Gasteiger partial charge on any atom is 0.165 e. The number of allylic oxidation sites excluding steroid dienone is 1. The number of hydrogen-bond donors (Lipinski definition) is 3. The minimum Gasteiger partial charge on any atom is -0.515 e. The smallest absolute Gasteiger partial charge is 0.165 e. The third kappa shape index (κ3) is 2.54. The lowest BCUT2D eigenvalue weighted by atomic mass is 9.52. The highest BCUT2D eigenvalue weighted by Gasteiger charge is 2.55. The first-order chi connectivity index (χ1) is 14.6. The minimum atomic E-state index is -0.460. The summed E-state index contributed by atoms with van der Waals surface area (Å²) < 4.78 is 0. The zero-order valence-electron chi connectivity index (χ0n) is 16.8. The Labute approximate surface area is 175 Å². The Balaban J connectivity index is 1.76. The van der Waals surface area contributed by atoms with Gasteiger partial charge in [0.15, 0.2) is 5.78 Å². The summed E-state index contributed by atoms with van der Waals surface area (Å²) in [6, 6.07) is 17.4. The van der Waals surface area contributed by atoms with E-state index < -0.39 is 5.41 Å². The van der Waals surface area contributed by atoms with Crippen molar-refractivity contribution in [3.8, 4) is 17.0 Å². The molecule has 1 fully saturated rings. The lowest BCUT2D eigenvalue weighted by molar-refractivity contribution is -0.123. The molecule has 5 rings (SSSR count). The van der Waals surface area contributed by atoms with Gasteiger partial charge in [0.25, 0.3) is 0 Å². The Morgan fingerprint density at radius 1 is 1.17 bits per heavy atom. The average Bonchev–Trinajstić information content (AvgIpc) is 3.21. The third-order valence-electron chi connectivity index (χ3n) is 7.02. The van der Waals surface area contributed by atoms with Crippen LogP contribution in [0, 0.1) is 11.8 Å². The maximum atomic E-state index is 12.9. The fraction of sp³-hybridized carbons (Fsp3) is 0.280. The number of phenolic OH excluding ortho intramolecular Hbond substituents is 1. The van der Waals surface area contributed by atoms with E-state index in [0.29, 0.717) is 12.0 Å². The lowest BCUT2D eigenvalue weighted by Gasteiger charge is -2.50. The summed E-state index contributed by atoms with van der Waals surface area (Å²) in [6.45, 7) is 1.98. The predicted molar refractivity (Wildman–Crippen MR) is 114 cm³/mol. The van der Waals surface area contributed by atoms with Crippen LogP contribution in [0.25, 0.3) is 11.3 Å². The van der Waals surface area contributed by atoms with Crippen molar-refractivity contribution in [2.24, 2.45) is 11.8 Å². The zero-order valence-corrected chi connectivity index (χ0v) is 16.8. The summed E-state index contributed by atoms with van der Waals surface area (Å²) in [5, 5.41) is 27.8. The van der Waals surface area contributed by atoms with Gasteiger partial charge in [-0.25, -0.2) is 0 Å². The fourth-order valence-corrected chi connectivity index (χ4v) is 5.67. The third-order valence-corrected chi connectivity index (χ3v) is 7.02. The Bertz CT molecular complexity index is 1150. The highest BCUT2D eigenvalue weighted by atomic mass is 16.3. The molecule has 3 N–H and O–H groups in total. The van der Waals surface area contributed by atoms with Crippen molar-refractivity contribution in [2.45, 2.75) is 31.6 Å². The summed E-state index contributed by atoms with van der Waals surface area (Å²) in [5.41, 5.74) is 4.98. The molecule has 5 nitrogen and oxygen atoms in total. The molecule has 1 aromatic heterocycles. The summed E-state index contributed by atoms with van der Waals surface area (Å²) in [7, 11) is 0. The van der Waals surface area contributed by atoms with Crippen molar-refractivity contribution in [2.75, 3.05) is 0 Å². The van der Waals surface area contributed by atoms with Crippen LogP contribution in [0.4, 0.5) is 0 Å². The largest absolute Gasteiger partial charge is 0.515 e. The lowest BCUT2D eigenvalue weighted by Crippen LogP contribution is -2.50. The number of nitrogens with zero attached hydrogens (tertiary/aromatic N) is 1. The molecule has 2 aliphatic rings. The molecule has 0 amide bonds. The van der Waals surface area contributed by atoms with Crippen molar-refractivity contribution in [1.82, 2.24) is 10.2 Å². The second kappa shape index (κ2) is 6.87. The summed E-state index contributed by atoms with van der Waals surface area (Å²) >= 11 is 0. The van der Waals surface area contributed by atoms with Gasteiger partial charge in [-0.05, 0) is 42.9 Å². The van der Waals surface area contributed by atoms with Crippen LogP contribution in [0.2, 0.25) is 0 Å². The first kappa shape index (κ1) is 18.7. The van der Waals surface area contributed by atoms with E-state index in [-0.39, 0.29) is 23.4 Å². The second-order valence-electron chi connectivity index (χ2n) is 8.44. The van der Waals surface area contributed by atoms with Crippen LogP contribution >= 0.6 is 0 Å². The molecule has 0 unspecified atom stereocenters. The van der Waals surface area contributed by atoms with Crippen LogP contribution in [0.3, 0.4) is 0 Å². The normalized spacial score (nSPS) is 27.0. The molecule has 0 bridgehead atoms. The highest BCUT2D eigenvalue weighted by molar-refractivity contribution is 5.98. The predicted octanol–water partition coefficient (Wildman–Crippen LogP) is 4.68. The van der Waals surface area contributed by atoms with E-state index in [4.69, 9.17) is 0 Å². The number of aromatic nitrogens is 2. The van der Waals surface area contributed by atoms with Gasteiger partial charge in [0.05, 0.1) is 17.6 Å². The number of benzene rings is 2. The van der Waals surface area contributed by atoms with Crippen molar-refractivity contribution < 1.29 is 15.0 Å². The van der Waals surface area contributed by atoms with Gasteiger partial charge in [0.1, 0.15) is 5.75 Å². The average molecular weight is 400 g/mol. The molecule has 1 heterocycles. The molecule has 0 spiro atoms. The van der Waals surface area contributed by atoms with Crippen LogP contribution in [-0.4, -0.2) is 26.2 Å². The molecule has 3 aromatic rings. The van der Waals surface area contributed by atoms with E-state index in [1.54, 1.807) is 12.1 Å². The molecule has 2 aromatic carbocycles. The van der Waals surface area contributed by atoms with Gasteiger partial charge in [0, 0.05) is 28.0 Å². The van der Waals surface area contributed by atoms with Gasteiger partial charge in [-0.15, -0.1) is 0 Å². The maximum absolute atomic E-state index is 12.9. The number of hydrogen-bond acceptors (Lipinski definition) is 4. The topological polar surface area (TPSA) is 86.2 Å². The van der Waals surface area contributed by atoms with Gasteiger partial charge in [-0.1, -0.05) is 49.4 Å². The van der Waals surface area contributed by atoms with Crippen LogP contribution in [0.1, 0.15) is 36.6 Å². The van der Waals surface area contributed by atoms with Crippen LogP contribution in [0.15, 0.2) is 66.4 Å². The van der Waals surface area contributed by atoms with E-state index in [9.17, 15) is 15.0 Å². The number of aromatic amines is 1. The number of ketones is 1. The monoisotopic (exact) mass is 400 g/mol. The molecule has 5 heteroatoms. The molecule has 152 valence electrons. The van der Waals surface area contributed by atoms with E-state index in [2.05, 4.69) is 22.3 Å². The number of aliphatic hydroxyl groups is 1. The van der Waals surface area contributed by atoms with Crippen molar-refractivity contribution in [3.05, 3.63) is 83.3 Å². The van der Waals surface area contributed by atoms with Gasteiger partial charge in [-0.2, -0.15) is 5.10 Å². The number of Topliss-reactive ketones (excluding diaryl/α,β-unsaturated/α-hetero) is 1. The molecule has 30 heavy (non-hydrogen) atoms. The first-order valence-electron chi connectivity index (χ1n) is 10.4. The van der Waals surface area contributed by atoms with E-state index in [0.717, 1.165) is 47.2 Å². The Kier molecular flexibility index (Phi) is 4.28. The van der Waals surface area contributed by atoms with Crippen molar-refractivity contribution in [3.63, 3.8) is 0 Å². The molecule has 0 aliphatic heterocycles. The van der Waals surface area contributed by atoms with Crippen LogP contribution in [-0.2, 0) is 16.6 Å². The molecule has 2 aliphatic carbocycles. The van der Waals surface area contributed by atoms with Gasteiger partial charge >= 0.3 is 0 Å².